The minimum Gasteiger partial charge on any atom is -0.385 e. The molecule has 1 heterocycles. The SMILES string of the molecule is COCCCn1cnnc1SCC(=O)NC(=O)Nc1ccccc1F. The monoisotopic (exact) mass is 367 g/mol. The van der Waals surface area contributed by atoms with E-state index in [1.54, 1.807) is 24.1 Å². The predicted octanol–water partition coefficient (Wildman–Crippen LogP) is 1.89. The van der Waals surface area contributed by atoms with Gasteiger partial charge in [-0.2, -0.15) is 0 Å². The van der Waals surface area contributed by atoms with E-state index in [-0.39, 0.29) is 11.4 Å². The number of aromatic nitrogens is 3. The number of hydrogen-bond donors (Lipinski definition) is 2. The van der Waals surface area contributed by atoms with Gasteiger partial charge in [-0.1, -0.05) is 23.9 Å². The van der Waals surface area contributed by atoms with E-state index in [9.17, 15) is 14.0 Å². The number of halogens is 1. The maximum atomic E-state index is 13.4. The first-order valence-corrected chi connectivity index (χ1v) is 8.43. The van der Waals surface area contributed by atoms with Crippen molar-refractivity contribution < 1.29 is 18.7 Å². The van der Waals surface area contributed by atoms with Crippen molar-refractivity contribution in [2.24, 2.45) is 0 Å². The number of urea groups is 1. The fourth-order valence-electron chi connectivity index (χ4n) is 1.90. The number of hydrogen-bond acceptors (Lipinski definition) is 6. The van der Waals surface area contributed by atoms with Gasteiger partial charge < -0.3 is 14.6 Å². The predicted molar refractivity (Wildman–Crippen MR) is 90.8 cm³/mol. The van der Waals surface area contributed by atoms with Crippen LogP contribution in [0.1, 0.15) is 6.42 Å². The van der Waals surface area contributed by atoms with Crippen molar-refractivity contribution >= 4 is 29.4 Å². The molecule has 0 spiro atoms. The van der Waals surface area contributed by atoms with E-state index >= 15 is 0 Å². The first kappa shape index (κ1) is 18.9. The fraction of sp³-hybridized carbons (Fsp3) is 0.333. The summed E-state index contributed by atoms with van der Waals surface area (Å²) in [5, 5.41) is 12.7. The van der Waals surface area contributed by atoms with E-state index in [0.29, 0.717) is 18.3 Å². The molecular formula is C15H18FN5O3S. The molecule has 0 aliphatic rings. The average molecular weight is 367 g/mol. The second kappa shape index (κ2) is 9.74. The van der Waals surface area contributed by atoms with Gasteiger partial charge >= 0.3 is 6.03 Å². The molecule has 134 valence electrons. The molecule has 3 amide bonds. The zero-order valence-electron chi connectivity index (χ0n) is 13.6. The third-order valence-corrected chi connectivity index (χ3v) is 4.02. The fourth-order valence-corrected chi connectivity index (χ4v) is 2.64. The van der Waals surface area contributed by atoms with Crippen molar-refractivity contribution in [3.63, 3.8) is 0 Å². The molecular weight excluding hydrogens is 349 g/mol. The minimum absolute atomic E-state index is 0.00154. The Morgan fingerprint density at radius 3 is 2.92 bits per heavy atom. The Morgan fingerprint density at radius 2 is 2.16 bits per heavy atom. The van der Waals surface area contributed by atoms with Crippen LogP contribution in [0.15, 0.2) is 35.7 Å². The van der Waals surface area contributed by atoms with Crippen LogP contribution >= 0.6 is 11.8 Å². The largest absolute Gasteiger partial charge is 0.385 e. The van der Waals surface area contributed by atoms with Gasteiger partial charge in [-0.15, -0.1) is 10.2 Å². The Morgan fingerprint density at radius 1 is 1.36 bits per heavy atom. The Hall–Kier alpha value is -2.46. The number of imide groups is 1. The molecule has 0 atom stereocenters. The van der Waals surface area contributed by atoms with Crippen molar-refractivity contribution in [2.75, 3.05) is 24.8 Å². The lowest BCUT2D eigenvalue weighted by Crippen LogP contribution is -2.35. The number of carbonyl (C=O) groups excluding carboxylic acids is 2. The maximum Gasteiger partial charge on any atom is 0.325 e. The van der Waals surface area contributed by atoms with E-state index in [0.717, 1.165) is 18.2 Å². The van der Waals surface area contributed by atoms with Gasteiger partial charge in [0.25, 0.3) is 0 Å². The number of nitrogens with one attached hydrogen (secondary N) is 2. The van der Waals surface area contributed by atoms with Gasteiger partial charge in [0.1, 0.15) is 12.1 Å². The second-order valence-electron chi connectivity index (χ2n) is 4.92. The molecule has 0 fully saturated rings. The molecule has 0 saturated carbocycles. The molecule has 0 bridgehead atoms. The van der Waals surface area contributed by atoms with Gasteiger partial charge in [0.2, 0.25) is 5.91 Å². The highest BCUT2D eigenvalue weighted by Crippen LogP contribution is 2.15. The topological polar surface area (TPSA) is 98.1 Å². The van der Waals surface area contributed by atoms with E-state index < -0.39 is 17.8 Å². The molecule has 8 nitrogen and oxygen atoms in total. The third kappa shape index (κ3) is 6.16. The van der Waals surface area contributed by atoms with Crippen LogP contribution in [-0.4, -0.2) is 46.2 Å². The number of rotatable bonds is 8. The highest BCUT2D eigenvalue weighted by molar-refractivity contribution is 7.99. The summed E-state index contributed by atoms with van der Waals surface area (Å²) < 4.78 is 20.2. The standard InChI is InChI=1S/C15H18FN5O3S/c1-24-8-4-7-21-10-17-20-15(21)25-9-13(22)19-14(23)18-12-6-3-2-5-11(12)16/h2-3,5-6,10H,4,7-9H2,1H3,(H2,18,19,22,23). The number of nitrogens with zero attached hydrogens (tertiary/aromatic N) is 3. The van der Waals surface area contributed by atoms with E-state index in [1.807, 2.05) is 0 Å². The molecule has 0 aliphatic heterocycles. The smallest absolute Gasteiger partial charge is 0.325 e. The van der Waals surface area contributed by atoms with Crippen LogP contribution in [0.3, 0.4) is 0 Å². The lowest BCUT2D eigenvalue weighted by Gasteiger charge is -2.08. The van der Waals surface area contributed by atoms with Crippen molar-refractivity contribution in [3.05, 3.63) is 36.4 Å². The van der Waals surface area contributed by atoms with Crippen LogP contribution < -0.4 is 10.6 Å². The van der Waals surface area contributed by atoms with Gasteiger partial charge in [-0.25, -0.2) is 9.18 Å². The van der Waals surface area contributed by atoms with Crippen LogP contribution in [0, 0.1) is 5.82 Å². The summed E-state index contributed by atoms with van der Waals surface area (Å²) in [4.78, 5) is 23.5. The van der Waals surface area contributed by atoms with Crippen molar-refractivity contribution in [2.45, 2.75) is 18.1 Å². The number of amides is 3. The highest BCUT2D eigenvalue weighted by Gasteiger charge is 2.12. The number of carbonyl (C=O) groups is 2. The summed E-state index contributed by atoms with van der Waals surface area (Å²) in [6.07, 6.45) is 2.36. The van der Waals surface area contributed by atoms with Crippen LogP contribution in [0.5, 0.6) is 0 Å². The van der Waals surface area contributed by atoms with E-state index in [1.165, 1.54) is 18.2 Å². The van der Waals surface area contributed by atoms with Crippen LogP contribution in [0.25, 0.3) is 0 Å². The maximum absolute atomic E-state index is 13.4. The number of methoxy groups -OCH3 is 1. The number of benzene rings is 1. The Bertz CT molecular complexity index is 725. The number of ether oxygens (including phenoxy) is 1. The van der Waals surface area contributed by atoms with Crippen molar-refractivity contribution in [1.82, 2.24) is 20.1 Å². The summed E-state index contributed by atoms with van der Waals surface area (Å²) >= 11 is 1.15. The van der Waals surface area contributed by atoms with Crippen LogP contribution in [0.2, 0.25) is 0 Å². The molecule has 0 aliphatic carbocycles. The lowest BCUT2D eigenvalue weighted by atomic mass is 10.3. The first-order valence-electron chi connectivity index (χ1n) is 7.45. The third-order valence-electron chi connectivity index (χ3n) is 3.03. The summed E-state index contributed by atoms with van der Waals surface area (Å²) in [6, 6.07) is 4.90. The number of anilines is 1. The van der Waals surface area contributed by atoms with Crippen molar-refractivity contribution in [3.8, 4) is 0 Å². The Balaban J connectivity index is 1.78. The highest BCUT2D eigenvalue weighted by atomic mass is 32.2. The lowest BCUT2D eigenvalue weighted by molar-refractivity contribution is -0.117. The molecule has 1 aromatic carbocycles. The summed E-state index contributed by atoms with van der Waals surface area (Å²) in [6.45, 7) is 1.28. The van der Waals surface area contributed by atoms with Crippen LogP contribution in [-0.2, 0) is 16.1 Å². The van der Waals surface area contributed by atoms with Gasteiger partial charge in [0.15, 0.2) is 5.16 Å². The average Bonchev–Trinajstić information content (AvgIpc) is 3.03. The van der Waals surface area contributed by atoms with Crippen LogP contribution in [0.4, 0.5) is 14.9 Å². The quantitative estimate of drug-likeness (QED) is 0.546. The number of aryl methyl sites for hydroxylation is 1. The molecule has 25 heavy (non-hydrogen) atoms. The number of para-hydroxylation sites is 1. The molecule has 0 saturated heterocycles. The molecule has 0 radical (unpaired) electrons. The van der Waals surface area contributed by atoms with E-state index in [2.05, 4.69) is 20.8 Å². The van der Waals surface area contributed by atoms with Gasteiger partial charge in [-0.3, -0.25) is 10.1 Å². The molecule has 1 aromatic heterocycles. The summed E-state index contributed by atoms with van der Waals surface area (Å²) in [5.41, 5.74) is -0.00154. The zero-order chi connectivity index (χ0) is 18.1. The summed E-state index contributed by atoms with van der Waals surface area (Å²) in [7, 11) is 1.62. The molecule has 2 aromatic rings. The Kier molecular flexibility index (Phi) is 7.36. The van der Waals surface area contributed by atoms with Gasteiger partial charge in [0, 0.05) is 20.3 Å². The second-order valence-corrected chi connectivity index (χ2v) is 5.87. The molecule has 0 unspecified atom stereocenters. The Labute approximate surface area is 148 Å². The minimum atomic E-state index is -0.794. The number of thioether (sulfide) groups is 1. The summed E-state index contributed by atoms with van der Waals surface area (Å²) in [5.74, 6) is -1.12. The molecule has 2 N–H and O–H groups in total. The normalized spacial score (nSPS) is 10.5. The van der Waals surface area contributed by atoms with Crippen molar-refractivity contribution in [1.29, 1.82) is 0 Å². The molecule has 10 heteroatoms. The van der Waals surface area contributed by atoms with Gasteiger partial charge in [-0.05, 0) is 18.6 Å². The van der Waals surface area contributed by atoms with Gasteiger partial charge in [0.05, 0.1) is 11.4 Å². The van der Waals surface area contributed by atoms with E-state index in [4.69, 9.17) is 4.74 Å². The zero-order valence-corrected chi connectivity index (χ0v) is 14.4. The molecule has 2 rings (SSSR count). The first-order chi connectivity index (χ1) is 12.1.